The highest BCUT2D eigenvalue weighted by atomic mass is 16.5. The van der Waals surface area contributed by atoms with Gasteiger partial charge in [0.05, 0.1) is 49.5 Å². The number of ether oxygens (including phenoxy) is 2. The fourth-order valence-corrected chi connectivity index (χ4v) is 7.88. The molecule has 3 aliphatic rings. The smallest absolute Gasteiger partial charge is 0.341 e. The molecule has 240 valence electrons. The van der Waals surface area contributed by atoms with Crippen LogP contribution in [0.3, 0.4) is 0 Å². The van der Waals surface area contributed by atoms with E-state index in [1.807, 2.05) is 29.8 Å². The third-order valence-electron chi connectivity index (χ3n) is 10.2. The molecule has 4 aromatic rings. The van der Waals surface area contributed by atoms with Gasteiger partial charge in [0.15, 0.2) is 0 Å². The van der Waals surface area contributed by atoms with Crippen molar-refractivity contribution in [1.82, 2.24) is 19.2 Å². The predicted octanol–water partition coefficient (Wildman–Crippen LogP) is 7.26. The molecule has 0 spiro atoms. The molecular weight excluding hydrogens is 580 g/mol. The van der Waals surface area contributed by atoms with Crippen LogP contribution < -0.4 is 4.74 Å². The van der Waals surface area contributed by atoms with E-state index in [4.69, 9.17) is 14.6 Å². The van der Waals surface area contributed by atoms with Gasteiger partial charge in [-0.15, -0.1) is 0 Å². The third kappa shape index (κ3) is 5.30. The quantitative estimate of drug-likeness (QED) is 0.217. The number of hydrogen-bond acceptors (Lipinski definition) is 6. The van der Waals surface area contributed by atoms with Crippen LogP contribution in [0, 0.1) is 0 Å². The molecular formula is C37H42N4O5. The Morgan fingerprint density at radius 2 is 1.78 bits per heavy atom. The molecule has 2 aliphatic heterocycles. The molecule has 7 rings (SSSR count). The Balaban J connectivity index is 1.50. The first-order valence-corrected chi connectivity index (χ1v) is 16.6. The van der Waals surface area contributed by atoms with Crippen molar-refractivity contribution in [2.75, 3.05) is 33.9 Å². The Hall–Kier alpha value is -4.37. The number of carbonyl (C=O) groups excluding carboxylic acids is 1. The summed E-state index contributed by atoms with van der Waals surface area (Å²) in [6.45, 7) is 4.44. The lowest BCUT2D eigenvalue weighted by atomic mass is 9.81. The van der Waals surface area contributed by atoms with Crippen LogP contribution in [0.4, 0.5) is 0 Å². The maximum absolute atomic E-state index is 13.5. The highest BCUT2D eigenvalue weighted by molar-refractivity contribution is 6.03. The minimum Gasteiger partial charge on any atom is -0.497 e. The van der Waals surface area contributed by atoms with Crippen molar-refractivity contribution < 1.29 is 24.2 Å². The molecule has 1 aliphatic carbocycles. The number of carbonyl (C=O) groups is 2. The largest absolute Gasteiger partial charge is 0.497 e. The topological polar surface area (TPSA) is 98.8 Å². The van der Waals surface area contributed by atoms with Crippen LogP contribution in [0.2, 0.25) is 0 Å². The zero-order valence-electron chi connectivity index (χ0n) is 26.9. The Bertz CT molecular complexity index is 1840. The number of carboxylic acid groups (broad SMARTS) is 1. The van der Waals surface area contributed by atoms with E-state index >= 15 is 0 Å². The summed E-state index contributed by atoms with van der Waals surface area (Å²) in [5, 5.41) is 16.0. The number of methoxy groups -OCH3 is 1. The minimum atomic E-state index is -0.948. The molecule has 4 heterocycles. The summed E-state index contributed by atoms with van der Waals surface area (Å²) in [6.07, 6.45) is 11.5. The van der Waals surface area contributed by atoms with E-state index in [-0.39, 0.29) is 24.2 Å². The van der Waals surface area contributed by atoms with Crippen molar-refractivity contribution in [1.29, 1.82) is 0 Å². The van der Waals surface area contributed by atoms with E-state index in [0.717, 1.165) is 83.5 Å². The first-order valence-electron chi connectivity index (χ1n) is 16.6. The molecule has 9 heteroatoms. The molecule has 2 aromatic carbocycles. The van der Waals surface area contributed by atoms with E-state index in [9.17, 15) is 14.7 Å². The molecule has 0 bridgehead atoms. The van der Waals surface area contributed by atoms with E-state index < -0.39 is 5.97 Å². The summed E-state index contributed by atoms with van der Waals surface area (Å²) in [7, 11) is 3.81. The highest BCUT2D eigenvalue weighted by Gasteiger charge is 2.33. The van der Waals surface area contributed by atoms with Gasteiger partial charge in [0.25, 0.3) is 0 Å². The number of carboxylic acids is 1. The van der Waals surface area contributed by atoms with Crippen molar-refractivity contribution in [2.24, 2.45) is 0 Å². The van der Waals surface area contributed by atoms with Crippen LogP contribution >= 0.6 is 0 Å². The second-order valence-electron chi connectivity index (χ2n) is 12.9. The van der Waals surface area contributed by atoms with Gasteiger partial charge < -0.3 is 24.0 Å². The van der Waals surface area contributed by atoms with Crippen LogP contribution in [0.25, 0.3) is 33.8 Å². The zero-order valence-corrected chi connectivity index (χ0v) is 26.9. The number of aromatic carboxylic acids is 1. The first kappa shape index (κ1) is 30.3. The number of fused-ring (bicyclic) bond motifs is 5. The summed E-state index contributed by atoms with van der Waals surface area (Å²) in [4.78, 5) is 28.0. The molecule has 0 radical (unpaired) electrons. The number of likely N-dealkylation sites (tertiary alicyclic amines) is 1. The van der Waals surface area contributed by atoms with Gasteiger partial charge in [0.1, 0.15) is 11.3 Å². The maximum Gasteiger partial charge on any atom is 0.341 e. The molecule has 0 atom stereocenters. The molecule has 1 saturated heterocycles. The second kappa shape index (κ2) is 12.4. The van der Waals surface area contributed by atoms with E-state index in [1.165, 1.54) is 24.8 Å². The van der Waals surface area contributed by atoms with E-state index in [2.05, 4.69) is 34.7 Å². The number of aromatic nitrogens is 3. The Morgan fingerprint density at radius 3 is 2.50 bits per heavy atom. The van der Waals surface area contributed by atoms with Gasteiger partial charge in [0.2, 0.25) is 0 Å². The lowest BCUT2D eigenvalue weighted by molar-refractivity contribution is 0.0525. The lowest BCUT2D eigenvalue weighted by Gasteiger charge is -2.30. The summed E-state index contributed by atoms with van der Waals surface area (Å²) in [5.41, 5.74) is 7.80. The van der Waals surface area contributed by atoms with Crippen molar-refractivity contribution in [3.63, 3.8) is 0 Å². The van der Waals surface area contributed by atoms with Gasteiger partial charge in [-0.25, -0.2) is 9.59 Å². The van der Waals surface area contributed by atoms with Crippen LogP contribution in [0.15, 0.2) is 42.6 Å². The third-order valence-corrected chi connectivity index (χ3v) is 10.2. The van der Waals surface area contributed by atoms with Gasteiger partial charge in [-0.1, -0.05) is 25.3 Å². The van der Waals surface area contributed by atoms with Crippen molar-refractivity contribution in [3.8, 4) is 17.0 Å². The van der Waals surface area contributed by atoms with E-state index in [1.54, 1.807) is 19.4 Å². The molecule has 0 unspecified atom stereocenters. The number of allylic oxidation sites excluding steroid dienone is 1. The molecule has 2 fully saturated rings. The minimum absolute atomic E-state index is 0.139. The average Bonchev–Trinajstić information content (AvgIpc) is 3.60. The van der Waals surface area contributed by atoms with Crippen LogP contribution in [0.1, 0.15) is 101 Å². The normalized spacial score (nSPS) is 17.7. The van der Waals surface area contributed by atoms with Crippen molar-refractivity contribution in [3.05, 3.63) is 70.5 Å². The number of benzene rings is 2. The van der Waals surface area contributed by atoms with Gasteiger partial charge in [0, 0.05) is 16.5 Å². The van der Waals surface area contributed by atoms with Crippen molar-refractivity contribution in [2.45, 2.75) is 70.4 Å². The molecule has 1 N–H and O–H groups in total. The Labute approximate surface area is 269 Å². The first-order chi connectivity index (χ1) is 22.4. The second-order valence-corrected chi connectivity index (χ2v) is 12.9. The standard InChI is InChI=1S/C37H42N4O5/c1-4-46-37(44)31-21-38-41(27-14-16-39(2)17-15-27)34(31)26-18-25-19-28(45-3)11-13-29(25)35-33(23-8-6-5-7-9-23)30-12-10-24(36(42)43)20-32(30)40(35)22-26/h10-13,18-21,23,27H,4-9,14-17,22H2,1-3H3,(H,42,43). The zero-order chi connectivity index (χ0) is 31.9. The summed E-state index contributed by atoms with van der Waals surface area (Å²) in [6, 6.07) is 11.9. The summed E-state index contributed by atoms with van der Waals surface area (Å²) in [5.74, 6) is -0.210. The predicted molar refractivity (Wildman–Crippen MR) is 179 cm³/mol. The van der Waals surface area contributed by atoms with Crippen molar-refractivity contribution >= 4 is 34.5 Å². The van der Waals surface area contributed by atoms with Crippen LogP contribution in [-0.2, 0) is 11.3 Å². The fourth-order valence-electron chi connectivity index (χ4n) is 7.88. The molecule has 1 saturated carbocycles. The average molecular weight is 623 g/mol. The SMILES string of the molecule is CCOC(=O)c1cnn(C2CCN(C)CC2)c1C1=Cc2cc(OC)ccc2-c2c(C3CCCCC3)c3ccc(C(=O)O)cc3n2C1. The molecule has 9 nitrogen and oxygen atoms in total. The number of esters is 1. The van der Waals surface area contributed by atoms with Crippen LogP contribution in [0.5, 0.6) is 5.75 Å². The maximum atomic E-state index is 13.5. The number of hydrogen-bond donors (Lipinski definition) is 1. The lowest BCUT2D eigenvalue weighted by Crippen LogP contribution is -2.32. The molecule has 46 heavy (non-hydrogen) atoms. The summed E-state index contributed by atoms with van der Waals surface area (Å²) >= 11 is 0. The Kier molecular flexibility index (Phi) is 8.19. The van der Waals surface area contributed by atoms with Gasteiger partial charge in [-0.2, -0.15) is 5.10 Å². The number of nitrogens with zero attached hydrogens (tertiary/aromatic N) is 4. The van der Waals surface area contributed by atoms with Gasteiger partial charge in [-0.05, 0) is 112 Å². The highest BCUT2D eigenvalue weighted by Crippen LogP contribution is 2.48. The fraction of sp³-hybridized carbons (Fsp3) is 0.432. The van der Waals surface area contributed by atoms with Gasteiger partial charge in [-0.3, -0.25) is 4.68 Å². The van der Waals surface area contributed by atoms with Gasteiger partial charge >= 0.3 is 11.9 Å². The molecule has 2 aromatic heterocycles. The number of rotatable bonds is 7. The monoisotopic (exact) mass is 622 g/mol. The summed E-state index contributed by atoms with van der Waals surface area (Å²) < 4.78 is 15.6. The molecule has 0 amide bonds. The number of piperidine rings is 1. The Morgan fingerprint density at radius 1 is 1.00 bits per heavy atom. The van der Waals surface area contributed by atoms with E-state index in [0.29, 0.717) is 18.0 Å². The van der Waals surface area contributed by atoms with Crippen LogP contribution in [-0.4, -0.2) is 70.1 Å².